The highest BCUT2D eigenvalue weighted by Crippen LogP contribution is 2.43. The van der Waals surface area contributed by atoms with E-state index in [1.165, 1.54) is 12.1 Å². The van der Waals surface area contributed by atoms with Crippen molar-refractivity contribution < 1.29 is 9.18 Å². The van der Waals surface area contributed by atoms with Gasteiger partial charge in [0.25, 0.3) is 0 Å². The molecule has 0 aromatic heterocycles. The molecule has 2 nitrogen and oxygen atoms in total. The van der Waals surface area contributed by atoms with Gasteiger partial charge in [-0.3, -0.25) is 4.79 Å². The lowest BCUT2D eigenvalue weighted by atomic mass is 9.77. The maximum atomic E-state index is 13.1. The second-order valence-corrected chi connectivity index (χ2v) is 5.02. The summed E-state index contributed by atoms with van der Waals surface area (Å²) >= 11 is 0. The summed E-state index contributed by atoms with van der Waals surface area (Å²) in [7, 11) is 0. The van der Waals surface area contributed by atoms with Crippen molar-refractivity contribution >= 4 is 11.6 Å². The molecule has 3 heteroatoms. The average molecular weight is 207 g/mol. The number of hydrogen-bond donors (Lipinski definition) is 1. The first kappa shape index (κ1) is 10.1. The van der Waals surface area contributed by atoms with Crippen LogP contribution in [0.3, 0.4) is 0 Å². The van der Waals surface area contributed by atoms with Crippen molar-refractivity contribution in [3.05, 3.63) is 29.6 Å². The molecule has 0 aliphatic carbocycles. The lowest BCUT2D eigenvalue weighted by Gasteiger charge is -2.25. The third-order valence-corrected chi connectivity index (χ3v) is 2.71. The normalized spacial score (nSPS) is 20.0. The minimum Gasteiger partial charge on any atom is -0.325 e. The van der Waals surface area contributed by atoms with Gasteiger partial charge in [-0.05, 0) is 29.2 Å². The predicted molar refractivity (Wildman–Crippen MR) is 57.2 cm³/mol. The van der Waals surface area contributed by atoms with E-state index >= 15 is 0 Å². The van der Waals surface area contributed by atoms with Gasteiger partial charge in [-0.2, -0.15) is 0 Å². The van der Waals surface area contributed by atoms with E-state index in [1.807, 2.05) is 20.8 Å². The number of anilines is 1. The third kappa shape index (κ3) is 1.62. The van der Waals surface area contributed by atoms with Gasteiger partial charge in [0.2, 0.25) is 5.91 Å². The molecule has 1 aliphatic rings. The molecule has 0 spiro atoms. The smallest absolute Gasteiger partial charge is 0.232 e. The van der Waals surface area contributed by atoms with E-state index in [9.17, 15) is 9.18 Å². The van der Waals surface area contributed by atoms with Crippen LogP contribution in [0.1, 0.15) is 32.3 Å². The second kappa shape index (κ2) is 3.05. The number of hydrogen-bond acceptors (Lipinski definition) is 1. The minimum absolute atomic E-state index is 0.0388. The van der Waals surface area contributed by atoms with Gasteiger partial charge < -0.3 is 5.32 Å². The van der Waals surface area contributed by atoms with E-state index in [4.69, 9.17) is 0 Å². The SMILES string of the molecule is CC(C)(C)C1C(=O)Nc2ccc(F)cc21. The number of amides is 1. The van der Waals surface area contributed by atoms with Crippen LogP contribution in [-0.4, -0.2) is 5.91 Å². The second-order valence-electron chi connectivity index (χ2n) is 5.02. The van der Waals surface area contributed by atoms with Crippen LogP contribution < -0.4 is 5.32 Å². The molecule has 1 heterocycles. The average Bonchev–Trinajstić information content (AvgIpc) is 2.38. The number of nitrogens with one attached hydrogen (secondary N) is 1. The Bertz CT molecular complexity index is 420. The van der Waals surface area contributed by atoms with Crippen LogP contribution in [-0.2, 0) is 4.79 Å². The van der Waals surface area contributed by atoms with Gasteiger partial charge >= 0.3 is 0 Å². The fraction of sp³-hybridized carbons (Fsp3) is 0.417. The summed E-state index contributed by atoms with van der Waals surface area (Å²) in [6, 6.07) is 4.43. The molecule has 0 radical (unpaired) electrons. The Hall–Kier alpha value is -1.38. The number of carbonyl (C=O) groups excluding carboxylic acids is 1. The molecule has 1 aliphatic heterocycles. The molecular weight excluding hydrogens is 193 g/mol. The molecule has 0 fully saturated rings. The van der Waals surface area contributed by atoms with Crippen molar-refractivity contribution in [1.29, 1.82) is 0 Å². The third-order valence-electron chi connectivity index (χ3n) is 2.71. The Morgan fingerprint density at radius 2 is 2.00 bits per heavy atom. The number of rotatable bonds is 0. The molecule has 1 aromatic carbocycles. The van der Waals surface area contributed by atoms with Crippen LogP contribution in [0, 0.1) is 11.2 Å². The van der Waals surface area contributed by atoms with E-state index in [-0.39, 0.29) is 23.1 Å². The van der Waals surface area contributed by atoms with Crippen LogP contribution in [0.15, 0.2) is 18.2 Å². The van der Waals surface area contributed by atoms with Crippen LogP contribution in [0.25, 0.3) is 0 Å². The molecule has 0 saturated heterocycles. The zero-order valence-corrected chi connectivity index (χ0v) is 9.10. The predicted octanol–water partition coefficient (Wildman–Crippen LogP) is 2.91. The Morgan fingerprint density at radius 3 is 2.60 bits per heavy atom. The zero-order valence-electron chi connectivity index (χ0n) is 9.10. The van der Waals surface area contributed by atoms with Gasteiger partial charge in [0.1, 0.15) is 5.82 Å². The first-order valence-electron chi connectivity index (χ1n) is 5.00. The molecule has 0 bridgehead atoms. The molecule has 1 atom stereocenters. The van der Waals surface area contributed by atoms with Crippen molar-refractivity contribution in [2.24, 2.45) is 5.41 Å². The molecular formula is C12H14FNO. The standard InChI is InChI=1S/C12H14FNO/c1-12(2,3)10-8-6-7(13)4-5-9(8)14-11(10)15/h4-6,10H,1-3H3,(H,14,15). The largest absolute Gasteiger partial charge is 0.325 e. The van der Waals surface area contributed by atoms with Gasteiger partial charge in [0, 0.05) is 5.69 Å². The Morgan fingerprint density at radius 1 is 1.33 bits per heavy atom. The van der Waals surface area contributed by atoms with Crippen LogP contribution in [0.4, 0.5) is 10.1 Å². The summed E-state index contributed by atoms with van der Waals surface area (Å²) < 4.78 is 13.1. The number of halogens is 1. The quantitative estimate of drug-likeness (QED) is 0.696. The summed E-state index contributed by atoms with van der Waals surface area (Å²) in [6.07, 6.45) is 0. The summed E-state index contributed by atoms with van der Waals surface area (Å²) in [5.41, 5.74) is 1.32. The molecule has 80 valence electrons. The molecule has 1 N–H and O–H groups in total. The van der Waals surface area contributed by atoms with Gasteiger partial charge in [-0.15, -0.1) is 0 Å². The van der Waals surface area contributed by atoms with Crippen LogP contribution in [0.2, 0.25) is 0 Å². The van der Waals surface area contributed by atoms with E-state index in [0.29, 0.717) is 0 Å². The lowest BCUT2D eigenvalue weighted by Crippen LogP contribution is -2.25. The fourth-order valence-corrected chi connectivity index (χ4v) is 2.09. The van der Waals surface area contributed by atoms with Crippen molar-refractivity contribution in [2.75, 3.05) is 5.32 Å². The Kier molecular flexibility index (Phi) is 2.07. The molecule has 1 aromatic rings. The fourth-order valence-electron chi connectivity index (χ4n) is 2.09. The highest BCUT2D eigenvalue weighted by molar-refractivity contribution is 6.03. The highest BCUT2D eigenvalue weighted by Gasteiger charge is 2.39. The summed E-state index contributed by atoms with van der Waals surface area (Å²) in [6.45, 7) is 5.95. The first-order valence-corrected chi connectivity index (χ1v) is 5.00. The van der Waals surface area contributed by atoms with Gasteiger partial charge in [-0.1, -0.05) is 20.8 Å². The van der Waals surface area contributed by atoms with Crippen molar-refractivity contribution in [2.45, 2.75) is 26.7 Å². The Labute approximate surface area is 88.5 Å². The number of fused-ring (bicyclic) bond motifs is 1. The summed E-state index contributed by atoms with van der Waals surface area (Å²) in [5, 5.41) is 2.78. The lowest BCUT2D eigenvalue weighted by molar-refractivity contribution is -0.119. The minimum atomic E-state index is -0.292. The van der Waals surface area contributed by atoms with Gasteiger partial charge in [0.15, 0.2) is 0 Å². The number of benzene rings is 1. The topological polar surface area (TPSA) is 29.1 Å². The van der Waals surface area contributed by atoms with Crippen LogP contribution >= 0.6 is 0 Å². The van der Waals surface area contributed by atoms with E-state index in [2.05, 4.69) is 5.32 Å². The Balaban J connectivity index is 2.53. The molecule has 1 amide bonds. The maximum Gasteiger partial charge on any atom is 0.232 e. The molecule has 1 unspecified atom stereocenters. The van der Waals surface area contributed by atoms with E-state index < -0.39 is 0 Å². The van der Waals surface area contributed by atoms with Gasteiger partial charge in [0.05, 0.1) is 5.92 Å². The zero-order chi connectivity index (χ0) is 11.2. The summed E-state index contributed by atoms with van der Waals surface area (Å²) in [5.74, 6) is -0.592. The monoisotopic (exact) mass is 207 g/mol. The number of carbonyl (C=O) groups is 1. The van der Waals surface area contributed by atoms with E-state index in [0.717, 1.165) is 11.3 Å². The highest BCUT2D eigenvalue weighted by atomic mass is 19.1. The first-order chi connectivity index (χ1) is 6.89. The van der Waals surface area contributed by atoms with Crippen LogP contribution in [0.5, 0.6) is 0 Å². The molecule has 0 saturated carbocycles. The maximum absolute atomic E-state index is 13.1. The summed E-state index contributed by atoms with van der Waals surface area (Å²) in [4.78, 5) is 11.8. The van der Waals surface area contributed by atoms with Gasteiger partial charge in [-0.25, -0.2) is 4.39 Å². The molecule has 2 rings (SSSR count). The van der Waals surface area contributed by atoms with E-state index in [1.54, 1.807) is 6.07 Å². The van der Waals surface area contributed by atoms with Crippen molar-refractivity contribution in [3.63, 3.8) is 0 Å². The van der Waals surface area contributed by atoms with Crippen molar-refractivity contribution in [1.82, 2.24) is 0 Å². The van der Waals surface area contributed by atoms with Crippen molar-refractivity contribution in [3.8, 4) is 0 Å². The molecule has 15 heavy (non-hydrogen) atoms.